The zero-order valence-electron chi connectivity index (χ0n) is 22.0. The lowest BCUT2D eigenvalue weighted by atomic mass is 9.89. The maximum Gasteiger partial charge on any atom is -0.0414 e. The highest BCUT2D eigenvalue weighted by molar-refractivity contribution is 4.62. The van der Waals surface area contributed by atoms with Crippen LogP contribution in [0, 0.1) is 5.92 Å². The van der Waals surface area contributed by atoms with E-state index >= 15 is 0 Å². The van der Waals surface area contributed by atoms with Gasteiger partial charge in [0.25, 0.3) is 0 Å². The Labute approximate surface area is 193 Å². The summed E-state index contributed by atoms with van der Waals surface area (Å²) >= 11 is 0. The Kier molecular flexibility index (Phi) is 27.0. The van der Waals surface area contributed by atoms with E-state index in [4.69, 9.17) is 0 Å². The average molecular weight is 423 g/mol. The molecule has 0 heteroatoms. The van der Waals surface area contributed by atoms with E-state index in [-0.39, 0.29) is 0 Å². The molecule has 0 spiro atoms. The van der Waals surface area contributed by atoms with E-state index in [2.05, 4.69) is 20.8 Å². The number of hydrogen-bond donors (Lipinski definition) is 0. The van der Waals surface area contributed by atoms with E-state index in [1.807, 2.05) is 0 Å². The number of rotatable bonds is 26. The maximum atomic E-state index is 2.34. The SMILES string of the molecule is CCCCCCCCCCCCCC(CCCCCC)CCCCCCCCCC. The summed E-state index contributed by atoms with van der Waals surface area (Å²) in [6, 6.07) is 0. The Morgan fingerprint density at radius 2 is 0.467 bits per heavy atom. The zero-order valence-corrected chi connectivity index (χ0v) is 22.0. The van der Waals surface area contributed by atoms with E-state index in [1.54, 1.807) is 0 Å². The summed E-state index contributed by atoms with van der Waals surface area (Å²) in [4.78, 5) is 0. The third-order valence-electron chi connectivity index (χ3n) is 7.15. The van der Waals surface area contributed by atoms with Gasteiger partial charge in [-0.3, -0.25) is 0 Å². The lowest BCUT2D eigenvalue weighted by Gasteiger charge is -2.17. The van der Waals surface area contributed by atoms with Crippen LogP contribution >= 0.6 is 0 Å². The first-order valence-electron chi connectivity index (χ1n) is 14.8. The average Bonchev–Trinajstić information content (AvgIpc) is 2.76. The molecule has 0 N–H and O–H groups in total. The van der Waals surface area contributed by atoms with Gasteiger partial charge < -0.3 is 0 Å². The van der Waals surface area contributed by atoms with E-state index in [9.17, 15) is 0 Å². The van der Waals surface area contributed by atoms with Gasteiger partial charge in [0.05, 0.1) is 0 Å². The first-order valence-corrected chi connectivity index (χ1v) is 14.8. The third-order valence-corrected chi connectivity index (χ3v) is 7.15. The van der Waals surface area contributed by atoms with Gasteiger partial charge in [-0.2, -0.15) is 0 Å². The van der Waals surface area contributed by atoms with Gasteiger partial charge in [0.2, 0.25) is 0 Å². The highest BCUT2D eigenvalue weighted by Crippen LogP contribution is 2.24. The summed E-state index contributed by atoms with van der Waals surface area (Å²) < 4.78 is 0. The molecule has 0 aliphatic carbocycles. The Hall–Kier alpha value is 0. The predicted molar refractivity (Wildman–Crippen MR) is 141 cm³/mol. The predicted octanol–water partition coefficient (Wildman–Crippen LogP) is 11.8. The summed E-state index contributed by atoms with van der Waals surface area (Å²) in [6.07, 6.45) is 38.3. The Morgan fingerprint density at radius 1 is 0.267 bits per heavy atom. The molecule has 0 rings (SSSR count). The molecule has 0 radical (unpaired) electrons. The van der Waals surface area contributed by atoms with Gasteiger partial charge in [0, 0.05) is 0 Å². The van der Waals surface area contributed by atoms with E-state index in [1.165, 1.54) is 167 Å². The molecule has 0 amide bonds. The van der Waals surface area contributed by atoms with Gasteiger partial charge >= 0.3 is 0 Å². The Balaban J connectivity index is 3.67. The minimum atomic E-state index is 1.04. The minimum Gasteiger partial charge on any atom is -0.0654 e. The van der Waals surface area contributed by atoms with Crippen molar-refractivity contribution in [3.05, 3.63) is 0 Å². The fourth-order valence-electron chi connectivity index (χ4n) is 4.96. The molecular formula is C30H62. The molecule has 0 nitrogen and oxygen atoms in total. The van der Waals surface area contributed by atoms with E-state index in [0.717, 1.165) is 5.92 Å². The van der Waals surface area contributed by atoms with Crippen LogP contribution in [0.25, 0.3) is 0 Å². The van der Waals surface area contributed by atoms with Crippen molar-refractivity contribution in [2.24, 2.45) is 5.92 Å². The second-order valence-corrected chi connectivity index (χ2v) is 10.3. The normalized spacial score (nSPS) is 12.5. The molecule has 0 heterocycles. The largest absolute Gasteiger partial charge is 0.0654 e. The fraction of sp³-hybridized carbons (Fsp3) is 1.00. The van der Waals surface area contributed by atoms with Crippen LogP contribution in [0.15, 0.2) is 0 Å². The lowest BCUT2D eigenvalue weighted by molar-refractivity contribution is 0.366. The van der Waals surface area contributed by atoms with Gasteiger partial charge in [-0.1, -0.05) is 188 Å². The highest BCUT2D eigenvalue weighted by atomic mass is 14.1. The molecule has 0 fully saturated rings. The molecule has 0 bridgehead atoms. The monoisotopic (exact) mass is 422 g/mol. The van der Waals surface area contributed by atoms with Crippen molar-refractivity contribution in [1.82, 2.24) is 0 Å². The summed E-state index contributed by atoms with van der Waals surface area (Å²) in [7, 11) is 0. The summed E-state index contributed by atoms with van der Waals surface area (Å²) in [5.74, 6) is 1.04. The van der Waals surface area contributed by atoms with Crippen molar-refractivity contribution in [3.63, 3.8) is 0 Å². The second-order valence-electron chi connectivity index (χ2n) is 10.3. The molecule has 30 heavy (non-hydrogen) atoms. The van der Waals surface area contributed by atoms with Crippen LogP contribution in [0.1, 0.15) is 188 Å². The van der Waals surface area contributed by atoms with Crippen molar-refractivity contribution >= 4 is 0 Å². The number of hydrogen-bond acceptors (Lipinski definition) is 0. The summed E-state index contributed by atoms with van der Waals surface area (Å²) in [5, 5.41) is 0. The van der Waals surface area contributed by atoms with Crippen molar-refractivity contribution in [2.75, 3.05) is 0 Å². The van der Waals surface area contributed by atoms with Gasteiger partial charge in [0.1, 0.15) is 0 Å². The molecule has 0 saturated heterocycles. The smallest absolute Gasteiger partial charge is 0.0414 e. The first-order chi connectivity index (χ1) is 14.8. The maximum absolute atomic E-state index is 2.34. The van der Waals surface area contributed by atoms with Crippen molar-refractivity contribution in [1.29, 1.82) is 0 Å². The van der Waals surface area contributed by atoms with E-state index in [0.29, 0.717) is 0 Å². The molecule has 0 aliphatic heterocycles. The molecule has 0 aromatic rings. The highest BCUT2D eigenvalue weighted by Gasteiger charge is 2.08. The fourth-order valence-corrected chi connectivity index (χ4v) is 4.96. The molecule has 0 aromatic carbocycles. The molecule has 0 aromatic heterocycles. The topological polar surface area (TPSA) is 0 Å². The quantitative estimate of drug-likeness (QED) is 0.122. The van der Waals surface area contributed by atoms with Gasteiger partial charge in [-0.25, -0.2) is 0 Å². The third kappa shape index (κ3) is 24.3. The minimum absolute atomic E-state index is 1.04. The molecular weight excluding hydrogens is 360 g/mol. The van der Waals surface area contributed by atoms with Crippen LogP contribution in [-0.2, 0) is 0 Å². The van der Waals surface area contributed by atoms with Crippen molar-refractivity contribution < 1.29 is 0 Å². The van der Waals surface area contributed by atoms with Crippen LogP contribution in [0.4, 0.5) is 0 Å². The Bertz CT molecular complexity index is 282. The Morgan fingerprint density at radius 3 is 0.733 bits per heavy atom. The van der Waals surface area contributed by atoms with Crippen LogP contribution < -0.4 is 0 Å². The van der Waals surface area contributed by atoms with Crippen LogP contribution in [0.5, 0.6) is 0 Å². The standard InChI is InChI=1S/C30H62/c1-4-7-10-13-15-17-18-19-21-23-26-29-30(27-24-12-9-6-3)28-25-22-20-16-14-11-8-5-2/h30H,4-29H2,1-3H3. The summed E-state index contributed by atoms with van der Waals surface area (Å²) in [6.45, 7) is 6.96. The van der Waals surface area contributed by atoms with Gasteiger partial charge in [-0.15, -0.1) is 0 Å². The molecule has 1 atom stereocenters. The van der Waals surface area contributed by atoms with E-state index < -0.39 is 0 Å². The molecule has 0 aliphatic rings. The molecule has 1 unspecified atom stereocenters. The first kappa shape index (κ1) is 30.0. The summed E-state index contributed by atoms with van der Waals surface area (Å²) in [5.41, 5.74) is 0. The molecule has 182 valence electrons. The zero-order chi connectivity index (χ0) is 22.0. The van der Waals surface area contributed by atoms with Crippen molar-refractivity contribution in [3.8, 4) is 0 Å². The molecule has 0 saturated carbocycles. The number of unbranched alkanes of at least 4 members (excludes halogenated alkanes) is 20. The van der Waals surface area contributed by atoms with Gasteiger partial charge in [0.15, 0.2) is 0 Å². The van der Waals surface area contributed by atoms with Crippen molar-refractivity contribution in [2.45, 2.75) is 188 Å². The lowest BCUT2D eigenvalue weighted by Crippen LogP contribution is -2.01. The van der Waals surface area contributed by atoms with Crippen LogP contribution in [0.3, 0.4) is 0 Å². The van der Waals surface area contributed by atoms with Gasteiger partial charge in [-0.05, 0) is 5.92 Å². The second kappa shape index (κ2) is 27.0. The van der Waals surface area contributed by atoms with Crippen LogP contribution in [0.2, 0.25) is 0 Å². The van der Waals surface area contributed by atoms with Crippen LogP contribution in [-0.4, -0.2) is 0 Å².